The van der Waals surface area contributed by atoms with E-state index in [-0.39, 0.29) is 5.91 Å². The first-order valence-corrected chi connectivity index (χ1v) is 8.20. The van der Waals surface area contributed by atoms with Crippen LogP contribution in [0, 0.1) is 6.92 Å². The van der Waals surface area contributed by atoms with Crippen LogP contribution in [0.15, 0.2) is 48.5 Å². The summed E-state index contributed by atoms with van der Waals surface area (Å²) < 4.78 is 0. The summed E-state index contributed by atoms with van der Waals surface area (Å²) in [4.78, 5) is 11.9. The lowest BCUT2D eigenvalue weighted by Crippen LogP contribution is -2.24. The molecule has 122 valence electrons. The largest absolute Gasteiger partial charge is 0.385 e. The predicted molar refractivity (Wildman–Crippen MR) is 96.7 cm³/mol. The molecule has 0 spiro atoms. The van der Waals surface area contributed by atoms with E-state index in [0.717, 1.165) is 11.3 Å². The highest BCUT2D eigenvalue weighted by atomic mass is 16.1. The minimum absolute atomic E-state index is 0.0674. The van der Waals surface area contributed by atoms with Crippen molar-refractivity contribution in [3.05, 3.63) is 65.2 Å². The second-order valence-electron chi connectivity index (χ2n) is 6.22. The van der Waals surface area contributed by atoms with Crippen molar-refractivity contribution in [2.75, 3.05) is 11.9 Å². The first kappa shape index (κ1) is 17.1. The number of hydrogen-bond donors (Lipinski definition) is 2. The van der Waals surface area contributed by atoms with E-state index >= 15 is 0 Å². The fourth-order valence-electron chi connectivity index (χ4n) is 2.42. The molecule has 0 saturated carbocycles. The number of anilines is 1. The van der Waals surface area contributed by atoms with Crippen molar-refractivity contribution in [2.45, 2.75) is 39.7 Å². The summed E-state index contributed by atoms with van der Waals surface area (Å²) in [6, 6.07) is 16.6. The molecule has 2 N–H and O–H groups in total. The van der Waals surface area contributed by atoms with Crippen LogP contribution in [-0.4, -0.2) is 12.5 Å². The maximum absolute atomic E-state index is 11.9. The molecular formula is C20H26N2O. The number of hydrogen-bond acceptors (Lipinski definition) is 2. The van der Waals surface area contributed by atoms with Crippen LogP contribution in [0.1, 0.15) is 42.9 Å². The number of benzene rings is 2. The normalized spacial score (nSPS) is 10.6. The highest BCUT2D eigenvalue weighted by molar-refractivity contribution is 5.76. The number of amides is 1. The van der Waals surface area contributed by atoms with Crippen molar-refractivity contribution in [1.82, 2.24) is 5.32 Å². The van der Waals surface area contributed by atoms with Crippen molar-refractivity contribution < 1.29 is 4.79 Å². The summed E-state index contributed by atoms with van der Waals surface area (Å²) in [6.07, 6.45) is 0.470. The summed E-state index contributed by atoms with van der Waals surface area (Å²) in [5.41, 5.74) is 4.73. The summed E-state index contributed by atoms with van der Waals surface area (Å²) in [5, 5.41) is 6.25. The molecule has 0 aromatic heterocycles. The van der Waals surface area contributed by atoms with E-state index in [0.29, 0.717) is 25.4 Å². The first-order valence-electron chi connectivity index (χ1n) is 8.20. The quantitative estimate of drug-likeness (QED) is 0.803. The standard InChI is InChI=1S/C20H26N2O/c1-15(2)18-7-9-19(10-8-18)21-12-11-20(23)22-14-17-6-4-5-16(3)13-17/h4-10,13,15,21H,11-12,14H2,1-3H3,(H,22,23). The molecule has 2 aromatic rings. The van der Waals surface area contributed by atoms with Crippen molar-refractivity contribution in [2.24, 2.45) is 0 Å². The molecule has 0 radical (unpaired) electrons. The third-order valence-corrected chi connectivity index (χ3v) is 3.83. The second-order valence-corrected chi connectivity index (χ2v) is 6.22. The fraction of sp³-hybridized carbons (Fsp3) is 0.350. The predicted octanol–water partition coefficient (Wildman–Crippen LogP) is 4.24. The topological polar surface area (TPSA) is 41.1 Å². The van der Waals surface area contributed by atoms with Crippen LogP contribution < -0.4 is 10.6 Å². The van der Waals surface area contributed by atoms with Gasteiger partial charge in [0.1, 0.15) is 0 Å². The Labute approximate surface area is 139 Å². The van der Waals surface area contributed by atoms with Gasteiger partial charge >= 0.3 is 0 Å². The van der Waals surface area contributed by atoms with Crippen molar-refractivity contribution >= 4 is 11.6 Å². The third kappa shape index (κ3) is 5.78. The molecule has 0 aliphatic rings. The second kappa shape index (κ2) is 8.37. The summed E-state index contributed by atoms with van der Waals surface area (Å²) in [6.45, 7) is 7.64. The first-order chi connectivity index (χ1) is 11.0. The van der Waals surface area contributed by atoms with Crippen molar-refractivity contribution in [1.29, 1.82) is 0 Å². The summed E-state index contributed by atoms with van der Waals surface area (Å²) in [5.74, 6) is 0.606. The van der Waals surface area contributed by atoms with E-state index in [4.69, 9.17) is 0 Å². The lowest BCUT2D eigenvalue weighted by molar-refractivity contribution is -0.121. The lowest BCUT2D eigenvalue weighted by Gasteiger charge is -2.10. The Morgan fingerprint density at radius 1 is 1.09 bits per heavy atom. The minimum atomic E-state index is 0.0674. The minimum Gasteiger partial charge on any atom is -0.385 e. The molecular weight excluding hydrogens is 284 g/mol. The summed E-state index contributed by atoms with van der Waals surface area (Å²) >= 11 is 0. The molecule has 23 heavy (non-hydrogen) atoms. The van der Waals surface area contributed by atoms with Crippen molar-refractivity contribution in [3.63, 3.8) is 0 Å². The van der Waals surface area contributed by atoms with E-state index in [1.165, 1.54) is 11.1 Å². The highest BCUT2D eigenvalue weighted by Gasteiger charge is 2.02. The smallest absolute Gasteiger partial charge is 0.222 e. The van der Waals surface area contributed by atoms with Gasteiger partial charge in [0.05, 0.1) is 0 Å². The SMILES string of the molecule is Cc1cccc(CNC(=O)CCNc2ccc(C(C)C)cc2)c1. The average molecular weight is 310 g/mol. The van der Waals surface area contributed by atoms with Crippen LogP contribution in [0.4, 0.5) is 5.69 Å². The van der Waals surface area contributed by atoms with Crippen LogP contribution in [-0.2, 0) is 11.3 Å². The van der Waals surface area contributed by atoms with Crippen LogP contribution in [0.3, 0.4) is 0 Å². The van der Waals surface area contributed by atoms with Crippen LogP contribution in [0.5, 0.6) is 0 Å². The Hall–Kier alpha value is -2.29. The maximum atomic E-state index is 11.9. The molecule has 0 unspecified atom stereocenters. The average Bonchev–Trinajstić information content (AvgIpc) is 2.53. The van der Waals surface area contributed by atoms with Gasteiger partial charge in [-0.25, -0.2) is 0 Å². The zero-order valence-corrected chi connectivity index (χ0v) is 14.2. The third-order valence-electron chi connectivity index (χ3n) is 3.83. The Morgan fingerprint density at radius 2 is 1.83 bits per heavy atom. The van der Waals surface area contributed by atoms with E-state index in [1.54, 1.807) is 0 Å². The molecule has 0 aliphatic heterocycles. The number of aryl methyl sites for hydroxylation is 1. The van der Waals surface area contributed by atoms with Gasteiger partial charge in [-0.1, -0.05) is 55.8 Å². The van der Waals surface area contributed by atoms with Gasteiger partial charge in [0.15, 0.2) is 0 Å². The van der Waals surface area contributed by atoms with E-state index < -0.39 is 0 Å². The molecule has 2 aromatic carbocycles. The van der Waals surface area contributed by atoms with Crippen LogP contribution in [0.25, 0.3) is 0 Å². The number of rotatable bonds is 7. The number of carbonyl (C=O) groups excluding carboxylic acids is 1. The Morgan fingerprint density at radius 3 is 2.48 bits per heavy atom. The van der Waals surface area contributed by atoms with E-state index in [9.17, 15) is 4.79 Å². The Bertz CT molecular complexity index is 632. The molecule has 2 rings (SSSR count). The fourth-order valence-corrected chi connectivity index (χ4v) is 2.42. The number of nitrogens with one attached hydrogen (secondary N) is 2. The van der Waals surface area contributed by atoms with E-state index in [2.05, 4.69) is 67.8 Å². The Balaban J connectivity index is 1.70. The molecule has 0 atom stereocenters. The molecule has 0 fully saturated rings. The van der Waals surface area contributed by atoms with Gasteiger partial charge in [-0.15, -0.1) is 0 Å². The van der Waals surface area contributed by atoms with E-state index in [1.807, 2.05) is 12.1 Å². The summed E-state index contributed by atoms with van der Waals surface area (Å²) in [7, 11) is 0. The maximum Gasteiger partial charge on any atom is 0.222 e. The van der Waals surface area contributed by atoms with Crippen LogP contribution in [0.2, 0.25) is 0 Å². The zero-order chi connectivity index (χ0) is 16.7. The molecule has 0 saturated heterocycles. The van der Waals surface area contributed by atoms with Gasteiger partial charge in [-0.2, -0.15) is 0 Å². The molecule has 3 heteroatoms. The van der Waals surface area contributed by atoms with Gasteiger partial charge in [-0.05, 0) is 36.1 Å². The molecule has 1 amide bonds. The molecule has 0 heterocycles. The van der Waals surface area contributed by atoms with Gasteiger partial charge in [-0.3, -0.25) is 4.79 Å². The van der Waals surface area contributed by atoms with Crippen LogP contribution >= 0.6 is 0 Å². The lowest BCUT2D eigenvalue weighted by atomic mass is 10.0. The van der Waals surface area contributed by atoms with Gasteiger partial charge in [0.25, 0.3) is 0 Å². The number of carbonyl (C=O) groups is 1. The van der Waals surface area contributed by atoms with Gasteiger partial charge in [0, 0.05) is 25.2 Å². The van der Waals surface area contributed by atoms with Gasteiger partial charge in [0.2, 0.25) is 5.91 Å². The molecule has 3 nitrogen and oxygen atoms in total. The van der Waals surface area contributed by atoms with Gasteiger partial charge < -0.3 is 10.6 Å². The van der Waals surface area contributed by atoms with Crippen molar-refractivity contribution in [3.8, 4) is 0 Å². The zero-order valence-electron chi connectivity index (χ0n) is 14.2. The highest BCUT2D eigenvalue weighted by Crippen LogP contribution is 2.16. The Kier molecular flexibility index (Phi) is 6.21. The molecule has 0 bridgehead atoms. The molecule has 0 aliphatic carbocycles. The monoisotopic (exact) mass is 310 g/mol.